The molecule has 3 aliphatic heterocycles. The van der Waals surface area contributed by atoms with Gasteiger partial charge in [-0.2, -0.15) is 0 Å². The normalized spacial score (nSPS) is 13.6. The first-order chi connectivity index (χ1) is 20.4. The zero-order valence-electron chi connectivity index (χ0n) is 21.9. The molecule has 0 N–H and O–H groups in total. The first-order valence-electron chi connectivity index (χ1n) is 13.8. The number of aromatic nitrogens is 1. The van der Waals surface area contributed by atoms with Gasteiger partial charge in [-0.25, -0.2) is 0 Å². The minimum absolute atomic E-state index is 0.00144. The summed E-state index contributed by atoms with van der Waals surface area (Å²) in [5.74, 6) is 3.31. The topological polar surface area (TPSA) is 37.8 Å². The average molecular weight is 527 g/mol. The van der Waals surface area contributed by atoms with E-state index in [4.69, 9.17) is 9.47 Å². The lowest BCUT2D eigenvalue weighted by Gasteiger charge is -2.43. The number of hydrogen-bond acceptors (Lipinski definition) is 5. The molecule has 0 radical (unpaired) electrons. The molecule has 0 aliphatic carbocycles. The Balaban J connectivity index is 1.42. The van der Waals surface area contributed by atoms with E-state index in [1.54, 1.807) is 0 Å². The summed E-state index contributed by atoms with van der Waals surface area (Å²) >= 11 is 0. The first kappa shape index (κ1) is 22.3. The molecule has 4 heterocycles. The Morgan fingerprint density at radius 1 is 0.512 bits per heavy atom. The lowest BCUT2D eigenvalue weighted by atomic mass is 9.34. The number of pyridine rings is 1. The van der Waals surface area contributed by atoms with Crippen LogP contribution in [0.2, 0.25) is 0 Å². The van der Waals surface area contributed by atoms with Crippen molar-refractivity contribution in [2.24, 2.45) is 0 Å². The van der Waals surface area contributed by atoms with Crippen molar-refractivity contribution in [3.05, 3.63) is 134 Å². The molecule has 0 fully saturated rings. The summed E-state index contributed by atoms with van der Waals surface area (Å²) in [6.45, 7) is 0.00144. The van der Waals surface area contributed by atoms with Crippen molar-refractivity contribution in [1.82, 2.24) is 4.98 Å². The zero-order valence-corrected chi connectivity index (χ0v) is 21.9. The van der Waals surface area contributed by atoms with E-state index < -0.39 is 0 Å². The summed E-state index contributed by atoms with van der Waals surface area (Å²) < 4.78 is 13.6. The number of anilines is 6. The Morgan fingerprint density at radius 3 is 2.00 bits per heavy atom. The number of benzene rings is 5. The molecule has 0 amide bonds. The third kappa shape index (κ3) is 3.16. The van der Waals surface area contributed by atoms with Gasteiger partial charge in [0.1, 0.15) is 11.5 Å². The van der Waals surface area contributed by atoms with E-state index in [0.29, 0.717) is 0 Å². The smallest absolute Gasteiger partial charge is 0.256 e. The molecule has 0 saturated carbocycles. The van der Waals surface area contributed by atoms with Gasteiger partial charge < -0.3 is 19.3 Å². The van der Waals surface area contributed by atoms with Crippen molar-refractivity contribution < 1.29 is 9.47 Å². The molecule has 0 atom stereocenters. The minimum atomic E-state index is 0.00144. The molecule has 0 saturated heterocycles. The van der Waals surface area contributed by atoms with E-state index in [-0.39, 0.29) is 6.71 Å². The second-order valence-corrected chi connectivity index (χ2v) is 10.4. The summed E-state index contributed by atoms with van der Waals surface area (Å²) in [6, 6.07) is 42.0. The number of nitrogens with zero attached hydrogens (tertiary/aromatic N) is 3. The first-order valence-corrected chi connectivity index (χ1v) is 13.8. The van der Waals surface area contributed by atoms with E-state index in [2.05, 4.69) is 99.7 Å². The Hall–Kier alpha value is -5.49. The molecule has 5 nitrogen and oxygen atoms in total. The van der Waals surface area contributed by atoms with E-state index in [1.165, 1.54) is 5.46 Å². The summed E-state index contributed by atoms with van der Waals surface area (Å²) in [5, 5.41) is 0. The quantitative estimate of drug-likeness (QED) is 0.225. The maximum absolute atomic E-state index is 6.90. The minimum Gasteiger partial charge on any atom is -0.458 e. The van der Waals surface area contributed by atoms with Crippen LogP contribution in [0.3, 0.4) is 0 Å². The Morgan fingerprint density at radius 2 is 1.17 bits per heavy atom. The molecular weight excluding hydrogens is 505 g/mol. The highest BCUT2D eigenvalue weighted by atomic mass is 16.5. The van der Waals surface area contributed by atoms with Crippen LogP contribution < -0.4 is 35.7 Å². The highest BCUT2D eigenvalue weighted by molar-refractivity contribution is 6.99. The highest BCUT2D eigenvalue weighted by Gasteiger charge is 2.45. The number of para-hydroxylation sites is 5. The summed E-state index contributed by atoms with van der Waals surface area (Å²) in [5.41, 5.74) is 9.58. The number of ether oxygens (including phenoxy) is 2. The van der Waals surface area contributed by atoms with E-state index in [0.717, 1.165) is 68.0 Å². The molecule has 41 heavy (non-hydrogen) atoms. The summed E-state index contributed by atoms with van der Waals surface area (Å²) in [7, 11) is 0. The maximum Gasteiger partial charge on any atom is 0.256 e. The fourth-order valence-electron chi connectivity index (χ4n) is 6.53. The maximum atomic E-state index is 6.90. The molecule has 5 aromatic carbocycles. The predicted octanol–water partition coefficient (Wildman–Crippen LogP) is 7.06. The van der Waals surface area contributed by atoms with Crippen molar-refractivity contribution in [1.29, 1.82) is 0 Å². The van der Waals surface area contributed by atoms with Crippen LogP contribution in [0, 0.1) is 0 Å². The molecule has 192 valence electrons. The molecule has 0 spiro atoms. The largest absolute Gasteiger partial charge is 0.458 e. The van der Waals surface area contributed by atoms with Gasteiger partial charge in [-0.1, -0.05) is 66.7 Å². The monoisotopic (exact) mass is 527 g/mol. The summed E-state index contributed by atoms with van der Waals surface area (Å²) in [4.78, 5) is 8.86. The van der Waals surface area contributed by atoms with Crippen molar-refractivity contribution >= 4 is 57.2 Å². The molecule has 9 rings (SSSR count). The van der Waals surface area contributed by atoms with Gasteiger partial charge in [-0.15, -0.1) is 0 Å². The van der Waals surface area contributed by atoms with Gasteiger partial charge in [0.05, 0.1) is 17.1 Å². The Bertz CT molecular complexity index is 1980. The fraction of sp³-hybridized carbons (Fsp3) is 0. The van der Waals surface area contributed by atoms with E-state index in [1.807, 2.05) is 48.8 Å². The highest BCUT2D eigenvalue weighted by Crippen LogP contribution is 2.57. The van der Waals surface area contributed by atoms with Gasteiger partial charge >= 0.3 is 0 Å². The van der Waals surface area contributed by atoms with Gasteiger partial charge in [0, 0.05) is 41.0 Å². The third-order valence-corrected chi connectivity index (χ3v) is 8.18. The lowest BCUT2D eigenvalue weighted by molar-refractivity contribution is 0.469. The molecule has 1 aromatic heterocycles. The SMILES string of the molecule is c1ccc(N2c3ccccc3B3c4ccccc4Oc4cc5c(c2c43)Oc2ccccc2N5c2ccncc2)cc1. The van der Waals surface area contributed by atoms with Crippen molar-refractivity contribution in [3.63, 3.8) is 0 Å². The molecule has 6 heteroatoms. The van der Waals surface area contributed by atoms with Crippen LogP contribution in [-0.2, 0) is 0 Å². The zero-order chi connectivity index (χ0) is 26.9. The van der Waals surface area contributed by atoms with Crippen molar-refractivity contribution in [2.45, 2.75) is 0 Å². The van der Waals surface area contributed by atoms with Crippen LogP contribution in [0.4, 0.5) is 34.1 Å². The second kappa shape index (κ2) is 8.51. The van der Waals surface area contributed by atoms with E-state index >= 15 is 0 Å². The standard InChI is InChI=1S/C35H22BN3O2/c1-2-10-23(11-3-1)39-27-14-6-4-12-25(27)36-26-13-5-8-16-30(26)40-32-22-29-35(34(39)33(32)36)41-31-17-9-7-15-28(31)38(29)24-18-20-37-21-19-24/h1-22H. The van der Waals surface area contributed by atoms with Crippen LogP contribution in [-0.4, -0.2) is 11.7 Å². The van der Waals surface area contributed by atoms with Crippen LogP contribution in [0.1, 0.15) is 0 Å². The van der Waals surface area contributed by atoms with Crippen LogP contribution >= 0.6 is 0 Å². The second-order valence-electron chi connectivity index (χ2n) is 10.4. The van der Waals surface area contributed by atoms with Gasteiger partial charge in [-0.3, -0.25) is 4.98 Å². The van der Waals surface area contributed by atoms with Gasteiger partial charge in [0.25, 0.3) is 6.71 Å². The lowest BCUT2D eigenvalue weighted by Crippen LogP contribution is -2.59. The predicted molar refractivity (Wildman–Crippen MR) is 165 cm³/mol. The van der Waals surface area contributed by atoms with Gasteiger partial charge in [0.2, 0.25) is 0 Å². The number of fused-ring (bicyclic) bond motifs is 7. The third-order valence-electron chi connectivity index (χ3n) is 8.18. The summed E-state index contributed by atoms with van der Waals surface area (Å²) in [6.07, 6.45) is 3.65. The molecule has 0 unspecified atom stereocenters. The molecule has 3 aliphatic rings. The Kier molecular flexibility index (Phi) is 4.63. The van der Waals surface area contributed by atoms with Gasteiger partial charge in [0.15, 0.2) is 11.5 Å². The number of hydrogen-bond donors (Lipinski definition) is 0. The van der Waals surface area contributed by atoms with E-state index in [9.17, 15) is 0 Å². The van der Waals surface area contributed by atoms with Crippen LogP contribution in [0.5, 0.6) is 23.0 Å². The van der Waals surface area contributed by atoms with Crippen molar-refractivity contribution in [2.75, 3.05) is 9.80 Å². The van der Waals surface area contributed by atoms with Crippen molar-refractivity contribution in [3.8, 4) is 23.0 Å². The van der Waals surface area contributed by atoms with Crippen LogP contribution in [0.25, 0.3) is 0 Å². The van der Waals surface area contributed by atoms with Gasteiger partial charge in [-0.05, 0) is 59.5 Å². The molecule has 6 aromatic rings. The molecular formula is C35H22BN3O2. The van der Waals surface area contributed by atoms with Crippen LogP contribution in [0.15, 0.2) is 134 Å². The average Bonchev–Trinajstić information content (AvgIpc) is 3.04. The Labute approximate surface area is 237 Å². The number of rotatable bonds is 2. The molecule has 0 bridgehead atoms. The fourth-order valence-corrected chi connectivity index (χ4v) is 6.53.